The molecule has 0 aromatic heterocycles. The highest BCUT2D eigenvalue weighted by atomic mass is 16.4. The second kappa shape index (κ2) is 6.74. The molecule has 0 aliphatic rings. The molecule has 0 spiro atoms. The highest BCUT2D eigenvalue weighted by Gasteiger charge is 1.86. The molecule has 0 radical (unpaired) electrons. The van der Waals surface area contributed by atoms with Gasteiger partial charge in [-0.3, -0.25) is 9.59 Å². The third kappa shape index (κ3) is 8.62. The maximum Gasteiger partial charge on any atom is 0.307 e. The number of allylic oxidation sites excluding steroid dienone is 3. The lowest BCUT2D eigenvalue weighted by atomic mass is 10.3. The van der Waals surface area contributed by atoms with Crippen LogP contribution in [-0.2, 0) is 9.59 Å². The summed E-state index contributed by atoms with van der Waals surface area (Å²) >= 11 is 0. The number of hydrogen-bond donors (Lipinski definition) is 1. The molecule has 0 heterocycles. The highest BCUT2D eigenvalue weighted by Crippen LogP contribution is 1.88. The Kier molecular flexibility index (Phi) is 5.89. The van der Waals surface area contributed by atoms with Gasteiger partial charge in [0, 0.05) is 0 Å². The molecule has 11 heavy (non-hydrogen) atoms. The zero-order valence-electron chi connectivity index (χ0n) is 6.06. The van der Waals surface area contributed by atoms with Gasteiger partial charge in [0.1, 0.15) is 6.29 Å². The van der Waals surface area contributed by atoms with E-state index in [4.69, 9.17) is 5.11 Å². The lowest BCUT2D eigenvalue weighted by Gasteiger charge is -1.81. The molecule has 0 saturated heterocycles. The maximum absolute atomic E-state index is 9.96. The number of carbonyl (C=O) groups excluding carboxylic acids is 1. The van der Waals surface area contributed by atoms with Crippen LogP contribution in [-0.4, -0.2) is 17.4 Å². The molecule has 0 bridgehead atoms. The van der Waals surface area contributed by atoms with Crippen LogP contribution in [0.4, 0.5) is 0 Å². The first kappa shape index (κ1) is 9.62. The van der Waals surface area contributed by atoms with E-state index in [1.54, 1.807) is 18.2 Å². The van der Waals surface area contributed by atoms with Gasteiger partial charge in [0.05, 0.1) is 6.42 Å². The first-order chi connectivity index (χ1) is 5.27. The Bertz CT molecular complexity index is 180. The van der Waals surface area contributed by atoms with Crippen LogP contribution in [0, 0.1) is 0 Å². The van der Waals surface area contributed by atoms with E-state index in [1.165, 1.54) is 6.08 Å². The average Bonchev–Trinajstić information content (AvgIpc) is 1.96. The summed E-state index contributed by atoms with van der Waals surface area (Å²) in [5.41, 5.74) is 0. The molecule has 3 nitrogen and oxygen atoms in total. The van der Waals surface area contributed by atoms with Crippen molar-refractivity contribution in [1.29, 1.82) is 0 Å². The van der Waals surface area contributed by atoms with Gasteiger partial charge in [0.2, 0.25) is 0 Å². The Morgan fingerprint density at radius 1 is 1.27 bits per heavy atom. The van der Waals surface area contributed by atoms with E-state index in [1.807, 2.05) is 0 Å². The minimum Gasteiger partial charge on any atom is -0.481 e. The van der Waals surface area contributed by atoms with Crippen molar-refractivity contribution < 1.29 is 14.7 Å². The molecule has 0 aromatic rings. The highest BCUT2D eigenvalue weighted by molar-refractivity contribution is 5.68. The summed E-state index contributed by atoms with van der Waals surface area (Å²) in [5.74, 6) is -0.847. The van der Waals surface area contributed by atoms with Gasteiger partial charge in [-0.2, -0.15) is 0 Å². The third-order valence-electron chi connectivity index (χ3n) is 0.946. The number of hydrogen-bond acceptors (Lipinski definition) is 2. The second-order valence-electron chi connectivity index (χ2n) is 1.87. The van der Waals surface area contributed by atoms with E-state index in [0.717, 1.165) is 0 Å². The number of carbonyl (C=O) groups is 2. The topological polar surface area (TPSA) is 54.4 Å². The van der Waals surface area contributed by atoms with Gasteiger partial charge in [0.25, 0.3) is 0 Å². The van der Waals surface area contributed by atoms with Gasteiger partial charge in [0.15, 0.2) is 0 Å². The summed E-state index contributed by atoms with van der Waals surface area (Å²) in [6.45, 7) is 0. The van der Waals surface area contributed by atoms with Crippen molar-refractivity contribution >= 4 is 12.3 Å². The third-order valence-corrected chi connectivity index (χ3v) is 0.946. The molecule has 0 unspecified atom stereocenters. The van der Waals surface area contributed by atoms with Crippen LogP contribution in [0.5, 0.6) is 0 Å². The standard InChI is InChI=1S/C8H10O3/c9-7-5-3-1-2-4-6-8(10)11/h2-5,7H,1,6H2,(H,10,11). The molecule has 0 aromatic carbocycles. The SMILES string of the molecule is O=CC=CCC=CCC(=O)O. The Morgan fingerprint density at radius 3 is 2.55 bits per heavy atom. The number of carboxylic acids is 1. The van der Waals surface area contributed by atoms with Crippen molar-refractivity contribution in [1.82, 2.24) is 0 Å². The average molecular weight is 154 g/mol. The predicted molar refractivity (Wildman–Crippen MR) is 41.2 cm³/mol. The number of aldehydes is 1. The van der Waals surface area contributed by atoms with Crippen LogP contribution in [0.2, 0.25) is 0 Å². The first-order valence-electron chi connectivity index (χ1n) is 3.24. The number of aliphatic carboxylic acids is 1. The zero-order valence-corrected chi connectivity index (χ0v) is 6.06. The fourth-order valence-electron chi connectivity index (χ4n) is 0.493. The van der Waals surface area contributed by atoms with E-state index in [9.17, 15) is 9.59 Å². The van der Waals surface area contributed by atoms with E-state index in [0.29, 0.717) is 12.7 Å². The van der Waals surface area contributed by atoms with Crippen molar-refractivity contribution in [2.75, 3.05) is 0 Å². The van der Waals surface area contributed by atoms with E-state index in [-0.39, 0.29) is 6.42 Å². The maximum atomic E-state index is 9.96. The zero-order chi connectivity index (χ0) is 8.53. The molecule has 0 aliphatic heterocycles. The second-order valence-corrected chi connectivity index (χ2v) is 1.87. The summed E-state index contributed by atoms with van der Waals surface area (Å²) in [6.07, 6.45) is 7.62. The van der Waals surface area contributed by atoms with Gasteiger partial charge < -0.3 is 5.11 Å². The number of carboxylic acid groups (broad SMARTS) is 1. The van der Waals surface area contributed by atoms with Crippen LogP contribution < -0.4 is 0 Å². The van der Waals surface area contributed by atoms with Crippen molar-refractivity contribution in [3.05, 3.63) is 24.3 Å². The van der Waals surface area contributed by atoms with Crippen molar-refractivity contribution in [2.45, 2.75) is 12.8 Å². The van der Waals surface area contributed by atoms with Gasteiger partial charge in [-0.05, 0) is 12.5 Å². The van der Waals surface area contributed by atoms with Gasteiger partial charge >= 0.3 is 5.97 Å². The lowest BCUT2D eigenvalue weighted by molar-refractivity contribution is -0.136. The Labute approximate surface area is 65.0 Å². The van der Waals surface area contributed by atoms with Gasteiger partial charge in [-0.15, -0.1) is 0 Å². The molecule has 0 fully saturated rings. The Morgan fingerprint density at radius 2 is 2.00 bits per heavy atom. The minimum absolute atomic E-state index is 0.0366. The summed E-state index contributed by atoms with van der Waals surface area (Å²) in [6, 6.07) is 0. The monoisotopic (exact) mass is 154 g/mol. The molecular formula is C8H10O3. The normalized spacial score (nSPS) is 10.9. The van der Waals surface area contributed by atoms with Gasteiger partial charge in [-0.1, -0.05) is 18.2 Å². The van der Waals surface area contributed by atoms with Crippen LogP contribution >= 0.6 is 0 Å². The first-order valence-corrected chi connectivity index (χ1v) is 3.24. The summed E-state index contributed by atoms with van der Waals surface area (Å²) in [5, 5.41) is 8.19. The fraction of sp³-hybridized carbons (Fsp3) is 0.250. The van der Waals surface area contributed by atoms with Crippen molar-refractivity contribution in [2.24, 2.45) is 0 Å². The largest absolute Gasteiger partial charge is 0.481 e. The molecule has 1 N–H and O–H groups in total. The number of rotatable bonds is 5. The van der Waals surface area contributed by atoms with Crippen molar-refractivity contribution in [3.63, 3.8) is 0 Å². The van der Waals surface area contributed by atoms with Crippen LogP contribution in [0.3, 0.4) is 0 Å². The molecule has 0 saturated carbocycles. The van der Waals surface area contributed by atoms with Crippen LogP contribution in [0.1, 0.15) is 12.8 Å². The molecule has 3 heteroatoms. The quantitative estimate of drug-likeness (QED) is 0.367. The van der Waals surface area contributed by atoms with E-state index < -0.39 is 5.97 Å². The molecule has 0 amide bonds. The van der Waals surface area contributed by atoms with E-state index >= 15 is 0 Å². The van der Waals surface area contributed by atoms with Gasteiger partial charge in [-0.25, -0.2) is 0 Å². The predicted octanol–water partition coefficient (Wildman–Crippen LogP) is 1.16. The molecule has 0 atom stereocenters. The summed E-state index contributed by atoms with van der Waals surface area (Å²) in [7, 11) is 0. The van der Waals surface area contributed by atoms with Crippen molar-refractivity contribution in [3.8, 4) is 0 Å². The smallest absolute Gasteiger partial charge is 0.307 e. The molecule has 60 valence electrons. The van der Waals surface area contributed by atoms with Crippen LogP contribution in [0.15, 0.2) is 24.3 Å². The lowest BCUT2D eigenvalue weighted by Crippen LogP contribution is -1.89. The summed E-state index contributed by atoms with van der Waals surface area (Å²) in [4.78, 5) is 19.7. The van der Waals surface area contributed by atoms with Crippen LogP contribution in [0.25, 0.3) is 0 Å². The Hall–Kier alpha value is -1.38. The molecule has 0 aliphatic carbocycles. The molecular weight excluding hydrogens is 144 g/mol. The molecule has 0 rings (SSSR count). The minimum atomic E-state index is -0.847. The van der Waals surface area contributed by atoms with E-state index in [2.05, 4.69) is 0 Å². The summed E-state index contributed by atoms with van der Waals surface area (Å²) < 4.78 is 0. The Balaban J connectivity index is 3.37. The fourth-order valence-corrected chi connectivity index (χ4v) is 0.493.